The number of carbonyl (C=O) groups is 1. The van der Waals surface area contributed by atoms with Crippen LogP contribution >= 0.6 is 11.6 Å². The number of halogens is 3. The minimum atomic E-state index is -2.89. The van der Waals surface area contributed by atoms with E-state index in [0.717, 1.165) is 0 Å². The van der Waals surface area contributed by atoms with E-state index < -0.39 is 35.7 Å². The Hall–Kier alpha value is -1.23. The first kappa shape index (κ1) is 16.1. The molecule has 0 amide bonds. The van der Waals surface area contributed by atoms with E-state index in [1.54, 1.807) is 26.0 Å². The van der Waals surface area contributed by atoms with Crippen LogP contribution in [-0.4, -0.2) is 22.5 Å². The summed E-state index contributed by atoms with van der Waals surface area (Å²) in [6.45, 7) is 5.36. The Labute approximate surface area is 127 Å². The molecule has 1 fully saturated rings. The maximum Gasteiger partial charge on any atom is 0.319 e. The third kappa shape index (κ3) is 3.03. The van der Waals surface area contributed by atoms with E-state index in [-0.39, 0.29) is 10.7 Å². The molecule has 0 atom stereocenters. The van der Waals surface area contributed by atoms with E-state index in [2.05, 4.69) is 4.98 Å². The van der Waals surface area contributed by atoms with Crippen molar-refractivity contribution in [3.63, 3.8) is 0 Å². The van der Waals surface area contributed by atoms with Crippen molar-refractivity contribution in [3.8, 4) is 0 Å². The van der Waals surface area contributed by atoms with Crippen LogP contribution in [0.15, 0.2) is 18.3 Å². The van der Waals surface area contributed by atoms with Crippen LogP contribution in [0.4, 0.5) is 8.78 Å². The minimum absolute atomic E-state index is 0.175. The molecule has 21 heavy (non-hydrogen) atoms. The second-order valence-electron chi connectivity index (χ2n) is 6.13. The second-order valence-corrected chi connectivity index (χ2v) is 6.54. The number of nitrogens with zero attached hydrogens (tertiary/aromatic N) is 1. The predicted octanol–water partition coefficient (Wildman–Crippen LogP) is 4.13. The van der Waals surface area contributed by atoms with Gasteiger partial charge in [0.15, 0.2) is 0 Å². The lowest BCUT2D eigenvalue weighted by Gasteiger charge is -2.46. The van der Waals surface area contributed by atoms with Gasteiger partial charge in [-0.3, -0.25) is 9.78 Å². The van der Waals surface area contributed by atoms with Crippen molar-refractivity contribution < 1.29 is 18.3 Å². The van der Waals surface area contributed by atoms with Crippen LogP contribution < -0.4 is 0 Å². The number of hydrogen-bond donors (Lipinski definition) is 0. The SMILES string of the molecule is CCC(C)(C)OC(=O)C1(c2ncccc2Cl)CC(F)(F)C1. The molecule has 1 aromatic heterocycles. The van der Waals surface area contributed by atoms with Crippen LogP contribution in [0.1, 0.15) is 45.7 Å². The number of rotatable bonds is 4. The first-order valence-corrected chi connectivity index (χ1v) is 7.22. The van der Waals surface area contributed by atoms with Gasteiger partial charge >= 0.3 is 5.97 Å². The van der Waals surface area contributed by atoms with E-state index in [4.69, 9.17) is 16.3 Å². The van der Waals surface area contributed by atoms with Gasteiger partial charge in [-0.1, -0.05) is 18.5 Å². The maximum absolute atomic E-state index is 13.4. The normalized spacial score (nSPS) is 19.7. The average Bonchev–Trinajstić information content (AvgIpc) is 2.35. The summed E-state index contributed by atoms with van der Waals surface area (Å²) in [5, 5.41) is 0.208. The highest BCUT2D eigenvalue weighted by atomic mass is 35.5. The third-order valence-electron chi connectivity index (χ3n) is 3.94. The minimum Gasteiger partial charge on any atom is -0.459 e. The van der Waals surface area contributed by atoms with E-state index in [9.17, 15) is 13.6 Å². The quantitative estimate of drug-likeness (QED) is 0.784. The number of aromatic nitrogens is 1. The van der Waals surface area contributed by atoms with Gasteiger partial charge in [-0.05, 0) is 32.4 Å². The standard InChI is InChI=1S/C15H18ClF2NO2/c1-4-13(2,3)21-12(20)14(8-15(17,18)9-14)11-10(16)6-5-7-19-11/h5-7H,4,8-9H2,1-3H3. The smallest absolute Gasteiger partial charge is 0.319 e. The summed E-state index contributed by atoms with van der Waals surface area (Å²) in [4.78, 5) is 16.6. The molecule has 1 saturated carbocycles. The van der Waals surface area contributed by atoms with Gasteiger partial charge in [0.1, 0.15) is 11.0 Å². The highest BCUT2D eigenvalue weighted by Gasteiger charge is 2.64. The van der Waals surface area contributed by atoms with E-state index in [0.29, 0.717) is 6.42 Å². The highest BCUT2D eigenvalue weighted by Crippen LogP contribution is 2.55. The molecule has 116 valence electrons. The van der Waals surface area contributed by atoms with Gasteiger partial charge < -0.3 is 4.74 Å². The van der Waals surface area contributed by atoms with Crippen molar-refractivity contribution in [3.05, 3.63) is 29.0 Å². The summed E-state index contributed by atoms with van der Waals surface area (Å²) < 4.78 is 32.3. The fourth-order valence-electron chi connectivity index (χ4n) is 2.40. The van der Waals surface area contributed by atoms with Crippen molar-refractivity contribution in [2.24, 2.45) is 0 Å². The van der Waals surface area contributed by atoms with Gasteiger partial charge in [-0.25, -0.2) is 8.78 Å². The summed E-state index contributed by atoms with van der Waals surface area (Å²) in [7, 11) is 0. The average molecular weight is 318 g/mol. The molecule has 0 spiro atoms. The van der Waals surface area contributed by atoms with Gasteiger partial charge in [0, 0.05) is 19.0 Å². The van der Waals surface area contributed by atoms with Gasteiger partial charge in [0.25, 0.3) is 5.92 Å². The summed E-state index contributed by atoms with van der Waals surface area (Å²) in [6, 6.07) is 3.14. The topological polar surface area (TPSA) is 39.2 Å². The fraction of sp³-hybridized carbons (Fsp3) is 0.600. The Morgan fingerprint density at radius 2 is 2.10 bits per heavy atom. The Bertz CT molecular complexity index is 552. The molecule has 6 heteroatoms. The van der Waals surface area contributed by atoms with Crippen LogP contribution in [0.5, 0.6) is 0 Å². The molecular formula is C15H18ClF2NO2. The van der Waals surface area contributed by atoms with E-state index in [1.807, 2.05) is 6.92 Å². The van der Waals surface area contributed by atoms with Crippen LogP contribution in [0.3, 0.4) is 0 Å². The third-order valence-corrected chi connectivity index (χ3v) is 4.25. The molecule has 0 unspecified atom stereocenters. The molecule has 1 aliphatic carbocycles. The monoisotopic (exact) mass is 317 g/mol. The van der Waals surface area contributed by atoms with Crippen molar-refractivity contribution in [2.45, 2.75) is 57.0 Å². The van der Waals surface area contributed by atoms with E-state index >= 15 is 0 Å². The first-order valence-electron chi connectivity index (χ1n) is 6.84. The van der Waals surface area contributed by atoms with Gasteiger partial charge in [0.05, 0.1) is 10.7 Å². The number of alkyl halides is 2. The van der Waals surface area contributed by atoms with Crippen molar-refractivity contribution in [1.82, 2.24) is 4.98 Å². The van der Waals surface area contributed by atoms with Gasteiger partial charge in [-0.15, -0.1) is 0 Å². The van der Waals surface area contributed by atoms with E-state index in [1.165, 1.54) is 6.20 Å². The largest absolute Gasteiger partial charge is 0.459 e. The molecule has 1 aliphatic rings. The summed E-state index contributed by atoms with van der Waals surface area (Å²) >= 11 is 6.05. The molecule has 0 aromatic carbocycles. The van der Waals surface area contributed by atoms with Gasteiger partial charge in [0.2, 0.25) is 0 Å². The molecule has 0 saturated heterocycles. The second kappa shape index (κ2) is 5.20. The molecule has 0 aliphatic heterocycles. The Kier molecular flexibility index (Phi) is 4.00. The van der Waals surface area contributed by atoms with Crippen LogP contribution in [0, 0.1) is 0 Å². The molecule has 1 aromatic rings. The number of hydrogen-bond acceptors (Lipinski definition) is 3. The Morgan fingerprint density at radius 3 is 2.57 bits per heavy atom. The zero-order chi connectivity index (χ0) is 15.9. The van der Waals surface area contributed by atoms with Crippen LogP contribution in [0.2, 0.25) is 5.02 Å². The van der Waals surface area contributed by atoms with Gasteiger partial charge in [-0.2, -0.15) is 0 Å². The Balaban J connectivity index is 2.37. The lowest BCUT2D eigenvalue weighted by Crippen LogP contribution is -2.57. The van der Waals surface area contributed by atoms with Crippen LogP contribution in [-0.2, 0) is 14.9 Å². The summed E-state index contributed by atoms with van der Waals surface area (Å²) in [5.74, 6) is -3.57. The fourth-order valence-corrected chi connectivity index (χ4v) is 2.70. The molecule has 2 rings (SSSR count). The zero-order valence-electron chi connectivity index (χ0n) is 12.3. The zero-order valence-corrected chi connectivity index (χ0v) is 13.0. The summed E-state index contributed by atoms with van der Waals surface area (Å²) in [5.41, 5.74) is -1.99. The molecule has 0 N–H and O–H groups in total. The van der Waals surface area contributed by atoms with Crippen molar-refractivity contribution >= 4 is 17.6 Å². The lowest BCUT2D eigenvalue weighted by atomic mass is 9.63. The number of pyridine rings is 1. The molecule has 0 radical (unpaired) electrons. The molecular weight excluding hydrogens is 300 g/mol. The number of carbonyl (C=O) groups excluding carboxylic acids is 1. The Morgan fingerprint density at radius 1 is 1.48 bits per heavy atom. The van der Waals surface area contributed by atoms with Crippen molar-refractivity contribution in [1.29, 1.82) is 0 Å². The first-order chi connectivity index (χ1) is 9.62. The molecule has 3 nitrogen and oxygen atoms in total. The number of ether oxygens (including phenoxy) is 1. The predicted molar refractivity (Wildman–Crippen MR) is 75.6 cm³/mol. The molecule has 1 heterocycles. The van der Waals surface area contributed by atoms with Crippen LogP contribution in [0.25, 0.3) is 0 Å². The highest BCUT2D eigenvalue weighted by molar-refractivity contribution is 6.31. The number of esters is 1. The maximum atomic E-state index is 13.4. The summed E-state index contributed by atoms with van der Waals surface area (Å²) in [6.07, 6.45) is 0.795. The van der Waals surface area contributed by atoms with Crippen molar-refractivity contribution in [2.75, 3.05) is 0 Å². The lowest BCUT2D eigenvalue weighted by molar-refractivity contribution is -0.191. The molecule has 0 bridgehead atoms.